The molecule has 5 heteroatoms. The van der Waals surface area contributed by atoms with Crippen LogP contribution in [0.2, 0.25) is 0 Å². The van der Waals surface area contributed by atoms with E-state index in [0.29, 0.717) is 34.1 Å². The Balaban J connectivity index is 1.99. The van der Waals surface area contributed by atoms with E-state index in [2.05, 4.69) is 0 Å². The van der Waals surface area contributed by atoms with Gasteiger partial charge in [-0.1, -0.05) is 30.3 Å². The third kappa shape index (κ3) is 2.58. The first kappa shape index (κ1) is 14.3. The Kier molecular flexibility index (Phi) is 3.65. The van der Waals surface area contributed by atoms with Gasteiger partial charge in [0.05, 0.1) is 12.0 Å². The van der Waals surface area contributed by atoms with Crippen molar-refractivity contribution in [3.8, 4) is 5.75 Å². The molecule has 2 aromatic rings. The van der Waals surface area contributed by atoms with E-state index in [0.717, 1.165) is 5.56 Å². The maximum atomic E-state index is 12.7. The highest BCUT2D eigenvalue weighted by atomic mass is 16.5. The summed E-state index contributed by atoms with van der Waals surface area (Å²) in [5, 5.41) is 9.68. The average Bonchev–Trinajstić information content (AvgIpc) is 2.65. The predicted molar refractivity (Wildman–Crippen MR) is 78.9 cm³/mol. The minimum Gasteiger partial charge on any atom is -0.488 e. The molecule has 1 aliphatic heterocycles. The molecule has 1 amide bonds. The van der Waals surface area contributed by atoms with Crippen LogP contribution in [0, 0.1) is 0 Å². The average molecular weight is 297 g/mol. The molecule has 0 saturated heterocycles. The summed E-state index contributed by atoms with van der Waals surface area (Å²) in [7, 11) is 1.27. The predicted octanol–water partition coefficient (Wildman–Crippen LogP) is 2.20. The highest BCUT2D eigenvalue weighted by Gasteiger charge is 2.22. The summed E-state index contributed by atoms with van der Waals surface area (Å²) in [6.45, 7) is 0.340. The van der Waals surface area contributed by atoms with Crippen LogP contribution in [0.4, 0.5) is 0 Å². The summed E-state index contributed by atoms with van der Waals surface area (Å²) in [5.41, 5.74) is 2.55. The van der Waals surface area contributed by atoms with Crippen molar-refractivity contribution in [2.75, 3.05) is 7.05 Å². The van der Waals surface area contributed by atoms with Crippen molar-refractivity contribution in [2.24, 2.45) is 0 Å². The van der Waals surface area contributed by atoms with Gasteiger partial charge in [0.25, 0.3) is 0 Å². The third-order valence-corrected chi connectivity index (χ3v) is 3.65. The highest BCUT2D eigenvalue weighted by molar-refractivity contribution is 6.12. The molecule has 1 N–H and O–H groups in total. The summed E-state index contributed by atoms with van der Waals surface area (Å²) < 4.78 is 5.69. The quantitative estimate of drug-likeness (QED) is 0.681. The molecule has 5 nitrogen and oxygen atoms in total. The lowest BCUT2D eigenvalue weighted by atomic mass is 9.97. The van der Waals surface area contributed by atoms with Crippen molar-refractivity contribution in [1.82, 2.24) is 5.06 Å². The number of carbonyl (C=O) groups excluding carboxylic acids is 2. The van der Waals surface area contributed by atoms with Gasteiger partial charge in [0.2, 0.25) is 5.91 Å². The van der Waals surface area contributed by atoms with E-state index in [1.54, 1.807) is 24.3 Å². The molecule has 0 aliphatic carbocycles. The van der Waals surface area contributed by atoms with E-state index >= 15 is 0 Å². The first-order valence-electron chi connectivity index (χ1n) is 6.90. The molecular formula is C17H15NO4. The van der Waals surface area contributed by atoms with Crippen LogP contribution in [0.3, 0.4) is 0 Å². The van der Waals surface area contributed by atoms with Crippen LogP contribution < -0.4 is 4.74 Å². The van der Waals surface area contributed by atoms with Gasteiger partial charge in [-0.05, 0) is 17.7 Å². The van der Waals surface area contributed by atoms with Crippen molar-refractivity contribution in [2.45, 2.75) is 13.0 Å². The summed E-state index contributed by atoms with van der Waals surface area (Å²) >= 11 is 0. The number of hydrogen-bond acceptors (Lipinski definition) is 4. The fraction of sp³-hybridized carbons (Fsp3) is 0.176. The minimum atomic E-state index is -0.442. The smallest absolute Gasteiger partial charge is 0.250 e. The monoisotopic (exact) mass is 297 g/mol. The van der Waals surface area contributed by atoms with E-state index < -0.39 is 5.91 Å². The van der Waals surface area contributed by atoms with E-state index in [9.17, 15) is 9.59 Å². The zero-order valence-electron chi connectivity index (χ0n) is 12.1. The van der Waals surface area contributed by atoms with Crippen molar-refractivity contribution in [1.29, 1.82) is 0 Å². The van der Waals surface area contributed by atoms with Gasteiger partial charge in [-0.25, -0.2) is 5.06 Å². The minimum absolute atomic E-state index is 0.0230. The largest absolute Gasteiger partial charge is 0.488 e. The second kappa shape index (κ2) is 5.61. The van der Waals surface area contributed by atoms with Crippen LogP contribution in [0.1, 0.15) is 27.0 Å². The number of hydroxylamine groups is 2. The lowest BCUT2D eigenvalue weighted by molar-refractivity contribution is -0.158. The van der Waals surface area contributed by atoms with Crippen LogP contribution >= 0.6 is 0 Å². The maximum Gasteiger partial charge on any atom is 0.250 e. The summed E-state index contributed by atoms with van der Waals surface area (Å²) in [4.78, 5) is 24.3. The van der Waals surface area contributed by atoms with Crippen molar-refractivity contribution >= 4 is 11.7 Å². The van der Waals surface area contributed by atoms with E-state index in [4.69, 9.17) is 9.94 Å². The van der Waals surface area contributed by atoms with E-state index in [-0.39, 0.29) is 12.2 Å². The number of fused-ring (bicyclic) bond motifs is 2. The van der Waals surface area contributed by atoms with Crippen molar-refractivity contribution in [3.05, 3.63) is 64.7 Å². The number of ketones is 1. The zero-order chi connectivity index (χ0) is 15.7. The molecule has 1 heterocycles. The Morgan fingerprint density at radius 2 is 2.00 bits per heavy atom. The van der Waals surface area contributed by atoms with Gasteiger partial charge in [0.1, 0.15) is 12.4 Å². The summed E-state index contributed by atoms with van der Waals surface area (Å²) in [6, 6.07) is 12.4. The highest BCUT2D eigenvalue weighted by Crippen LogP contribution is 2.29. The fourth-order valence-corrected chi connectivity index (χ4v) is 2.45. The first-order chi connectivity index (χ1) is 10.6. The molecule has 2 aromatic carbocycles. The molecule has 0 bridgehead atoms. The molecule has 0 unspecified atom stereocenters. The van der Waals surface area contributed by atoms with Crippen LogP contribution in [0.25, 0.3) is 0 Å². The van der Waals surface area contributed by atoms with Gasteiger partial charge in [-0.2, -0.15) is 0 Å². The molecule has 0 fully saturated rings. The van der Waals surface area contributed by atoms with Crippen LogP contribution in [-0.2, 0) is 17.8 Å². The number of likely N-dealkylation sites (N-methyl/N-ethyl adjacent to an activating group) is 1. The molecular weight excluding hydrogens is 282 g/mol. The SMILES string of the molecule is CN(O)C(=O)Cc1ccc2c(c1)C(=O)c1ccccc1CO2. The van der Waals surface area contributed by atoms with E-state index in [1.165, 1.54) is 7.05 Å². The Hall–Kier alpha value is -2.66. The Morgan fingerprint density at radius 1 is 1.23 bits per heavy atom. The number of ether oxygens (including phenoxy) is 1. The molecule has 0 atom stereocenters. The summed E-state index contributed by atoms with van der Waals surface area (Å²) in [5.74, 6) is -0.0492. The topological polar surface area (TPSA) is 66.8 Å². The standard InChI is InChI=1S/C17H15NO4/c1-18(21)16(19)9-11-6-7-15-14(8-11)17(20)13-5-3-2-4-12(13)10-22-15/h2-8,21H,9-10H2,1H3. The Morgan fingerprint density at radius 3 is 2.77 bits per heavy atom. The second-order valence-corrected chi connectivity index (χ2v) is 5.20. The van der Waals surface area contributed by atoms with Crippen LogP contribution in [0.5, 0.6) is 5.75 Å². The summed E-state index contributed by atoms with van der Waals surface area (Å²) in [6.07, 6.45) is 0.0230. The second-order valence-electron chi connectivity index (χ2n) is 5.20. The lowest BCUT2D eigenvalue weighted by Crippen LogP contribution is -2.24. The van der Waals surface area contributed by atoms with Gasteiger partial charge in [0.15, 0.2) is 5.78 Å². The molecule has 112 valence electrons. The normalized spacial score (nSPS) is 12.7. The van der Waals surface area contributed by atoms with E-state index in [1.807, 2.05) is 18.2 Å². The molecule has 0 aromatic heterocycles. The molecule has 0 saturated carbocycles. The first-order valence-corrected chi connectivity index (χ1v) is 6.90. The zero-order valence-corrected chi connectivity index (χ0v) is 12.1. The number of nitrogens with zero attached hydrogens (tertiary/aromatic N) is 1. The maximum absolute atomic E-state index is 12.7. The van der Waals surface area contributed by atoms with Gasteiger partial charge < -0.3 is 4.74 Å². The number of amides is 1. The Labute approximate surface area is 127 Å². The van der Waals surface area contributed by atoms with Gasteiger partial charge in [-0.15, -0.1) is 0 Å². The van der Waals surface area contributed by atoms with Gasteiger partial charge >= 0.3 is 0 Å². The molecule has 0 spiro atoms. The van der Waals surface area contributed by atoms with Gasteiger partial charge in [0, 0.05) is 18.2 Å². The molecule has 3 rings (SSSR count). The molecule has 0 radical (unpaired) electrons. The van der Waals surface area contributed by atoms with Crippen LogP contribution in [-0.4, -0.2) is 29.0 Å². The van der Waals surface area contributed by atoms with Crippen LogP contribution in [0.15, 0.2) is 42.5 Å². The number of benzene rings is 2. The molecule has 22 heavy (non-hydrogen) atoms. The third-order valence-electron chi connectivity index (χ3n) is 3.65. The fourth-order valence-electron chi connectivity index (χ4n) is 2.45. The number of hydrogen-bond donors (Lipinski definition) is 1. The lowest BCUT2D eigenvalue weighted by Gasteiger charge is -2.10. The number of carbonyl (C=O) groups is 2. The number of rotatable bonds is 2. The van der Waals surface area contributed by atoms with Crippen molar-refractivity contribution < 1.29 is 19.5 Å². The van der Waals surface area contributed by atoms with Gasteiger partial charge in [-0.3, -0.25) is 14.8 Å². The molecule has 1 aliphatic rings. The van der Waals surface area contributed by atoms with Crippen molar-refractivity contribution in [3.63, 3.8) is 0 Å². The Bertz CT molecular complexity index is 752.